The first-order valence-corrected chi connectivity index (χ1v) is 19.3. The molecule has 0 fully saturated rings. The van der Waals surface area contributed by atoms with Crippen molar-refractivity contribution in [2.24, 2.45) is 0 Å². The lowest BCUT2D eigenvalue weighted by Crippen LogP contribution is -2.11. The molecule has 0 spiro atoms. The van der Waals surface area contributed by atoms with Crippen LogP contribution in [0.1, 0.15) is 22.3 Å². The van der Waals surface area contributed by atoms with Gasteiger partial charge in [0.25, 0.3) is 0 Å². The zero-order valence-corrected chi connectivity index (χ0v) is 32.1. The molecule has 10 rings (SSSR count). The van der Waals surface area contributed by atoms with E-state index in [4.69, 9.17) is 4.98 Å². The monoisotopic (exact) mass is 823 g/mol. The Kier molecular flexibility index (Phi) is 8.75. The summed E-state index contributed by atoms with van der Waals surface area (Å²) in [6.07, 6.45) is -10.1. The molecule has 7 aromatic carbocycles. The van der Waals surface area contributed by atoms with E-state index in [1.54, 1.807) is 24.3 Å². The minimum absolute atomic E-state index is 0.0740. The molecule has 0 bridgehead atoms. The van der Waals surface area contributed by atoms with Crippen molar-refractivity contribution in [1.29, 1.82) is 10.5 Å². The van der Waals surface area contributed by atoms with E-state index in [9.17, 15) is 36.9 Å². The molecule has 10 aromatic rings. The number of rotatable bonds is 5. The number of pyridine rings is 1. The minimum atomic E-state index is -5.07. The van der Waals surface area contributed by atoms with E-state index in [0.717, 1.165) is 55.9 Å². The average molecular weight is 824 g/mol. The van der Waals surface area contributed by atoms with Gasteiger partial charge in [0.2, 0.25) is 0 Å². The smallest absolute Gasteiger partial charge is 0.294 e. The number of aromatic nitrogens is 3. The Morgan fingerprint density at radius 2 is 0.742 bits per heavy atom. The summed E-state index contributed by atoms with van der Waals surface area (Å²) in [5, 5.41) is 22.2. The maximum atomic E-state index is 14.4. The number of alkyl halides is 6. The van der Waals surface area contributed by atoms with Gasteiger partial charge in [-0.1, -0.05) is 84.9 Å². The Morgan fingerprint density at radius 3 is 1.15 bits per heavy atom. The molecule has 3 aromatic heterocycles. The van der Waals surface area contributed by atoms with Gasteiger partial charge < -0.3 is 0 Å². The van der Waals surface area contributed by atoms with Crippen molar-refractivity contribution in [2.45, 2.75) is 12.4 Å². The molecular weight excluding hydrogens is 797 g/mol. The third-order valence-corrected chi connectivity index (χ3v) is 11.2. The van der Waals surface area contributed by atoms with E-state index in [1.165, 1.54) is 12.1 Å². The molecule has 0 amide bonds. The third kappa shape index (κ3) is 6.48. The molecule has 0 aliphatic rings. The number of benzene rings is 7. The first-order valence-electron chi connectivity index (χ1n) is 19.3. The Hall–Kier alpha value is -8.15. The van der Waals surface area contributed by atoms with Crippen LogP contribution in [-0.2, 0) is 12.4 Å². The van der Waals surface area contributed by atoms with Crippen molar-refractivity contribution in [1.82, 2.24) is 14.1 Å². The van der Waals surface area contributed by atoms with E-state index in [1.807, 2.05) is 118 Å². The number of halogens is 6. The van der Waals surface area contributed by atoms with Gasteiger partial charge in [-0.05, 0) is 112 Å². The predicted molar refractivity (Wildman–Crippen MR) is 229 cm³/mol. The van der Waals surface area contributed by atoms with Crippen LogP contribution in [0, 0.1) is 22.7 Å². The maximum Gasteiger partial charge on any atom is 0.416 e. The van der Waals surface area contributed by atoms with Gasteiger partial charge in [-0.25, -0.2) is 4.98 Å². The predicted octanol–water partition coefficient (Wildman–Crippen LogP) is 14.1. The number of para-hydroxylation sites is 2. The topological polar surface area (TPSA) is 70.3 Å². The molecule has 11 heteroatoms. The number of nitrogens with zero attached hydrogens (tertiary/aromatic N) is 5. The highest BCUT2D eigenvalue weighted by molar-refractivity contribution is 6.11. The van der Waals surface area contributed by atoms with Gasteiger partial charge >= 0.3 is 12.4 Å². The molecule has 0 N–H and O–H groups in total. The minimum Gasteiger partial charge on any atom is -0.294 e. The van der Waals surface area contributed by atoms with Gasteiger partial charge in [0, 0.05) is 21.5 Å². The van der Waals surface area contributed by atoms with Gasteiger partial charge in [-0.3, -0.25) is 9.13 Å². The van der Waals surface area contributed by atoms with Gasteiger partial charge in [-0.2, -0.15) is 36.9 Å². The van der Waals surface area contributed by atoms with Crippen LogP contribution in [0.3, 0.4) is 0 Å². The van der Waals surface area contributed by atoms with Gasteiger partial charge in [0.1, 0.15) is 11.6 Å². The van der Waals surface area contributed by atoms with E-state index in [-0.39, 0.29) is 28.8 Å². The molecule has 0 aliphatic heterocycles. The maximum absolute atomic E-state index is 14.4. The lowest BCUT2D eigenvalue weighted by atomic mass is 9.99. The van der Waals surface area contributed by atoms with Crippen molar-refractivity contribution in [2.75, 3.05) is 0 Å². The summed E-state index contributed by atoms with van der Waals surface area (Å²) in [6, 6.07) is 50.0. The largest absolute Gasteiger partial charge is 0.416 e. The molecule has 0 saturated carbocycles. The molecule has 0 aliphatic carbocycles. The van der Waals surface area contributed by atoms with Gasteiger partial charge in [0.05, 0.1) is 56.5 Å². The molecule has 0 unspecified atom stereocenters. The van der Waals surface area contributed by atoms with Crippen LogP contribution in [0.5, 0.6) is 0 Å². The third-order valence-electron chi connectivity index (χ3n) is 11.2. The Balaban J connectivity index is 1.30. The highest BCUT2D eigenvalue weighted by Gasteiger charge is 2.37. The van der Waals surface area contributed by atoms with Crippen molar-refractivity contribution in [3.05, 3.63) is 186 Å². The molecule has 0 saturated heterocycles. The second kappa shape index (κ2) is 14.3. The van der Waals surface area contributed by atoms with E-state index in [0.29, 0.717) is 33.2 Å². The Morgan fingerprint density at radius 1 is 0.371 bits per heavy atom. The summed E-state index contributed by atoms with van der Waals surface area (Å²) in [7, 11) is 0. The normalized spacial score (nSPS) is 12.0. The zero-order chi connectivity index (χ0) is 42.9. The number of hydrogen-bond acceptors (Lipinski definition) is 3. The molecule has 62 heavy (non-hydrogen) atoms. The molecule has 5 nitrogen and oxygen atoms in total. The van der Waals surface area contributed by atoms with Crippen LogP contribution < -0.4 is 0 Å². The highest BCUT2D eigenvalue weighted by Crippen LogP contribution is 2.42. The summed E-state index contributed by atoms with van der Waals surface area (Å²) in [5.41, 5.74) is 3.98. The highest BCUT2D eigenvalue weighted by atomic mass is 19.4. The summed E-state index contributed by atoms with van der Waals surface area (Å²) in [6.45, 7) is 0. The summed E-state index contributed by atoms with van der Waals surface area (Å²) < 4.78 is 90.0. The first-order chi connectivity index (χ1) is 29.9. The second-order valence-electron chi connectivity index (χ2n) is 14.9. The first kappa shape index (κ1) is 38.1. The number of nitriles is 2. The van der Waals surface area contributed by atoms with Crippen LogP contribution in [0.15, 0.2) is 164 Å². The Bertz CT molecular complexity index is 3280. The van der Waals surface area contributed by atoms with Crippen LogP contribution in [-0.4, -0.2) is 14.1 Å². The number of fused-ring (bicyclic) bond motifs is 6. The molecule has 0 radical (unpaired) electrons. The lowest BCUT2D eigenvalue weighted by molar-refractivity contribution is -0.143. The summed E-state index contributed by atoms with van der Waals surface area (Å²) in [5.74, 6) is 0.502. The fourth-order valence-corrected chi connectivity index (χ4v) is 8.29. The molecule has 0 atom stereocenters. The van der Waals surface area contributed by atoms with Gasteiger partial charge in [0.15, 0.2) is 0 Å². The molecule has 298 valence electrons. The van der Waals surface area contributed by atoms with E-state index < -0.39 is 23.5 Å². The van der Waals surface area contributed by atoms with Gasteiger partial charge in [-0.15, -0.1) is 0 Å². The second-order valence-corrected chi connectivity index (χ2v) is 14.9. The van der Waals surface area contributed by atoms with E-state index in [2.05, 4.69) is 12.1 Å². The zero-order valence-electron chi connectivity index (χ0n) is 32.1. The van der Waals surface area contributed by atoms with Crippen LogP contribution >= 0.6 is 0 Å². The Labute approximate surface area is 349 Å². The standard InChI is InChI=1S/C51H27F6N5/c52-50(53,54)38-21-36(22-39(27-38)51(55,56)57)37-25-48(61-44-7-3-1-5-40(44)42-19-17-34(23-46(42)61)32-13-9-30(28-58)10-14-32)60-49(26-37)62-45-8-4-2-6-41(45)43-20-18-35(24-47(43)62)33-15-11-31(29-59)12-16-33/h1-27H. The van der Waals surface area contributed by atoms with Crippen molar-refractivity contribution >= 4 is 43.6 Å². The quantitative estimate of drug-likeness (QED) is 0.162. The van der Waals surface area contributed by atoms with E-state index >= 15 is 0 Å². The SMILES string of the molecule is N#Cc1ccc(-c2ccc3c4ccccc4n(-c4cc(-c5cc(C(F)(F)F)cc(C(F)(F)F)c5)cc(-n5c6ccccc6c6ccc(-c7ccc(C#N)cc7)cc65)n4)c3c2)cc1. The average Bonchev–Trinajstić information content (AvgIpc) is 3.80. The summed E-state index contributed by atoms with van der Waals surface area (Å²) >= 11 is 0. The van der Waals surface area contributed by atoms with Crippen LogP contribution in [0.25, 0.3) is 88.6 Å². The fourth-order valence-electron chi connectivity index (χ4n) is 8.29. The van der Waals surface area contributed by atoms with Crippen molar-refractivity contribution in [3.8, 4) is 57.2 Å². The van der Waals surface area contributed by atoms with Crippen molar-refractivity contribution in [3.63, 3.8) is 0 Å². The number of hydrogen-bond donors (Lipinski definition) is 0. The summed E-state index contributed by atoms with van der Waals surface area (Å²) in [4.78, 5) is 5.25. The molecular formula is C51H27F6N5. The van der Waals surface area contributed by atoms with Crippen LogP contribution in [0.4, 0.5) is 26.3 Å². The molecule has 3 heterocycles. The van der Waals surface area contributed by atoms with Crippen LogP contribution in [0.2, 0.25) is 0 Å². The lowest BCUT2D eigenvalue weighted by Gasteiger charge is -2.17. The fraction of sp³-hybridized carbons (Fsp3) is 0.0392. The van der Waals surface area contributed by atoms with Crippen molar-refractivity contribution < 1.29 is 26.3 Å².